The number of fused-ring (bicyclic) bond motifs is 2. The molecule has 0 aromatic heterocycles. The highest BCUT2D eigenvalue weighted by molar-refractivity contribution is 5.92. The van der Waals surface area contributed by atoms with E-state index in [1.807, 2.05) is 17.0 Å². The minimum absolute atomic E-state index is 0.0288. The number of aliphatic hydroxyl groups is 1. The summed E-state index contributed by atoms with van der Waals surface area (Å²) in [7, 11) is 1.75. The molecule has 1 aliphatic carbocycles. The quantitative estimate of drug-likeness (QED) is 0.228. The van der Waals surface area contributed by atoms with Gasteiger partial charge in [0, 0.05) is 37.3 Å². The fraction of sp³-hybridized carbons (Fsp3) is 0.677. The number of carbonyl (C=O) groups excluding carboxylic acids is 2. The molecule has 2 unspecified atom stereocenters. The van der Waals surface area contributed by atoms with Crippen molar-refractivity contribution in [2.75, 3.05) is 33.3 Å². The molecule has 4 rings (SSSR count). The number of likely N-dealkylation sites (N-methyl/N-ethyl adjacent to an activating group) is 1. The monoisotopic (exact) mass is 698 g/mol. The number of piperidine rings is 1. The lowest BCUT2D eigenvalue weighted by molar-refractivity contribution is -0.193. The van der Waals surface area contributed by atoms with E-state index >= 15 is 0 Å². The molecule has 2 amide bonds. The first-order chi connectivity index (χ1) is 22.4. The SMILES string of the molecule is CN[C@@H](CO)C(=O)N(CCN1C2CCC1CC(c1cccc(C(N)=O)c1)C2)CC1CCCCC1.O=C(O)C(F)(F)F.O=C(O)C(F)(F)F. The van der Waals surface area contributed by atoms with E-state index in [-0.39, 0.29) is 18.4 Å². The van der Waals surface area contributed by atoms with Gasteiger partial charge in [-0.1, -0.05) is 31.4 Å². The number of carbonyl (C=O) groups is 4. The number of benzene rings is 1. The number of aliphatic hydroxyl groups excluding tert-OH is 1. The zero-order valence-corrected chi connectivity index (χ0v) is 26.6. The second-order valence-electron chi connectivity index (χ2n) is 12.2. The number of carboxylic acid groups (broad SMARTS) is 2. The summed E-state index contributed by atoms with van der Waals surface area (Å²) < 4.78 is 63.5. The molecule has 48 heavy (non-hydrogen) atoms. The fourth-order valence-electron chi connectivity index (χ4n) is 6.58. The summed E-state index contributed by atoms with van der Waals surface area (Å²) in [6, 6.07) is 8.35. The number of amides is 2. The van der Waals surface area contributed by atoms with Gasteiger partial charge in [0.05, 0.1) is 6.61 Å². The van der Waals surface area contributed by atoms with Gasteiger partial charge in [-0.3, -0.25) is 14.5 Å². The number of nitrogens with two attached hydrogens (primary N) is 1. The van der Waals surface area contributed by atoms with Crippen LogP contribution in [0.1, 0.15) is 79.6 Å². The van der Waals surface area contributed by atoms with Crippen LogP contribution in [0.3, 0.4) is 0 Å². The Morgan fingerprint density at radius 1 is 0.938 bits per heavy atom. The lowest BCUT2D eigenvalue weighted by Crippen LogP contribution is -2.52. The number of primary amides is 1. The third kappa shape index (κ3) is 12.5. The van der Waals surface area contributed by atoms with Gasteiger partial charge in [0.2, 0.25) is 11.8 Å². The summed E-state index contributed by atoms with van der Waals surface area (Å²) in [5, 5.41) is 26.9. The third-order valence-electron chi connectivity index (χ3n) is 8.98. The zero-order chi connectivity index (χ0) is 36.2. The van der Waals surface area contributed by atoms with Crippen molar-refractivity contribution < 1.29 is 60.8 Å². The maximum atomic E-state index is 13.2. The molecule has 2 saturated heterocycles. The van der Waals surface area contributed by atoms with Crippen molar-refractivity contribution in [1.29, 1.82) is 0 Å². The average Bonchev–Trinajstić information content (AvgIpc) is 3.25. The number of carboxylic acids is 2. The number of rotatable bonds is 10. The highest BCUT2D eigenvalue weighted by Gasteiger charge is 2.42. The molecule has 2 bridgehead atoms. The van der Waals surface area contributed by atoms with E-state index in [0.717, 1.165) is 32.5 Å². The molecular weight excluding hydrogens is 654 g/mol. The minimum Gasteiger partial charge on any atom is -0.475 e. The number of nitrogens with zero attached hydrogens (tertiary/aromatic N) is 2. The topological polar surface area (TPSA) is 173 Å². The molecular formula is C31H44F6N4O7. The van der Waals surface area contributed by atoms with Crippen LogP contribution in [0.5, 0.6) is 0 Å². The van der Waals surface area contributed by atoms with Crippen LogP contribution in [-0.2, 0) is 14.4 Å². The predicted molar refractivity (Wildman–Crippen MR) is 161 cm³/mol. The number of hydrogen-bond acceptors (Lipinski definition) is 7. The lowest BCUT2D eigenvalue weighted by atomic mass is 9.84. The first-order valence-electron chi connectivity index (χ1n) is 15.7. The molecule has 0 spiro atoms. The smallest absolute Gasteiger partial charge is 0.475 e. The molecule has 17 heteroatoms. The van der Waals surface area contributed by atoms with E-state index in [2.05, 4.69) is 16.3 Å². The minimum atomic E-state index is -5.08. The molecule has 1 aromatic rings. The highest BCUT2D eigenvalue weighted by atomic mass is 19.4. The van der Waals surface area contributed by atoms with Gasteiger partial charge in [-0.05, 0) is 75.1 Å². The molecule has 3 atom stereocenters. The second-order valence-corrected chi connectivity index (χ2v) is 12.2. The molecule has 11 nitrogen and oxygen atoms in total. The summed E-state index contributed by atoms with van der Waals surface area (Å²) in [6.07, 6.45) is 0.638. The summed E-state index contributed by atoms with van der Waals surface area (Å²) in [4.78, 5) is 47.3. The van der Waals surface area contributed by atoms with Crippen molar-refractivity contribution in [3.05, 3.63) is 35.4 Å². The highest BCUT2D eigenvalue weighted by Crippen LogP contribution is 2.43. The van der Waals surface area contributed by atoms with E-state index in [0.29, 0.717) is 29.5 Å². The maximum Gasteiger partial charge on any atom is 0.490 e. The van der Waals surface area contributed by atoms with Crippen LogP contribution in [0, 0.1) is 5.92 Å². The number of hydrogen-bond donors (Lipinski definition) is 5. The molecule has 0 radical (unpaired) electrons. The van der Waals surface area contributed by atoms with Crippen molar-refractivity contribution in [3.63, 3.8) is 0 Å². The molecule has 1 aromatic carbocycles. The number of aliphatic carboxylic acids is 2. The van der Waals surface area contributed by atoms with Crippen LogP contribution < -0.4 is 11.1 Å². The Bertz CT molecular complexity index is 1180. The van der Waals surface area contributed by atoms with Gasteiger partial charge >= 0.3 is 24.3 Å². The molecule has 272 valence electrons. The van der Waals surface area contributed by atoms with Gasteiger partial charge in [-0.2, -0.15) is 26.3 Å². The van der Waals surface area contributed by atoms with E-state index in [4.69, 9.17) is 25.5 Å². The van der Waals surface area contributed by atoms with Crippen LogP contribution in [-0.4, -0.2) is 113 Å². The molecule has 2 aliphatic heterocycles. The Kier molecular flexibility index (Phi) is 15.6. The number of nitrogens with one attached hydrogen (secondary N) is 1. The van der Waals surface area contributed by atoms with Crippen molar-refractivity contribution in [3.8, 4) is 0 Å². The maximum absolute atomic E-state index is 13.2. The Morgan fingerprint density at radius 3 is 1.90 bits per heavy atom. The molecule has 3 aliphatic rings. The average molecular weight is 699 g/mol. The van der Waals surface area contributed by atoms with Crippen LogP contribution in [0.25, 0.3) is 0 Å². The van der Waals surface area contributed by atoms with E-state index in [9.17, 15) is 41.0 Å². The number of halogens is 6. The Balaban J connectivity index is 0.000000479. The van der Waals surface area contributed by atoms with Crippen molar-refractivity contribution in [2.24, 2.45) is 11.7 Å². The van der Waals surface area contributed by atoms with Gasteiger partial charge in [0.1, 0.15) is 6.04 Å². The van der Waals surface area contributed by atoms with E-state index in [1.165, 1.54) is 50.5 Å². The zero-order valence-electron chi connectivity index (χ0n) is 26.6. The van der Waals surface area contributed by atoms with Crippen LogP contribution >= 0.6 is 0 Å². The van der Waals surface area contributed by atoms with E-state index in [1.54, 1.807) is 13.1 Å². The Morgan fingerprint density at radius 2 is 1.46 bits per heavy atom. The largest absolute Gasteiger partial charge is 0.490 e. The normalized spacial score (nSPS) is 22.0. The second kappa shape index (κ2) is 18.4. The molecule has 2 heterocycles. The van der Waals surface area contributed by atoms with Crippen molar-refractivity contribution in [2.45, 2.75) is 94.2 Å². The van der Waals surface area contributed by atoms with Crippen LogP contribution in [0.2, 0.25) is 0 Å². The lowest BCUT2D eigenvalue weighted by Gasteiger charge is -2.41. The summed E-state index contributed by atoms with van der Waals surface area (Å²) in [6.45, 7) is 2.26. The summed E-state index contributed by atoms with van der Waals surface area (Å²) >= 11 is 0. The first-order valence-corrected chi connectivity index (χ1v) is 15.7. The predicted octanol–water partition coefficient (Wildman–Crippen LogP) is 3.75. The van der Waals surface area contributed by atoms with Crippen LogP contribution in [0.15, 0.2) is 24.3 Å². The van der Waals surface area contributed by atoms with Crippen molar-refractivity contribution in [1.82, 2.24) is 15.1 Å². The van der Waals surface area contributed by atoms with Crippen LogP contribution in [0.4, 0.5) is 26.3 Å². The van der Waals surface area contributed by atoms with Gasteiger partial charge < -0.3 is 31.3 Å². The molecule has 1 saturated carbocycles. The van der Waals surface area contributed by atoms with Crippen molar-refractivity contribution >= 4 is 23.8 Å². The summed E-state index contributed by atoms with van der Waals surface area (Å²) in [5.74, 6) is -4.82. The molecule has 6 N–H and O–H groups in total. The first kappa shape index (κ1) is 40.7. The van der Waals surface area contributed by atoms with Gasteiger partial charge in [-0.15, -0.1) is 0 Å². The van der Waals surface area contributed by atoms with Gasteiger partial charge in [-0.25, -0.2) is 9.59 Å². The number of alkyl halides is 6. The Labute approximate surface area is 274 Å². The molecule has 3 fully saturated rings. The third-order valence-corrected chi connectivity index (χ3v) is 8.98. The Hall–Kier alpha value is -3.44. The van der Waals surface area contributed by atoms with E-state index < -0.39 is 30.3 Å². The van der Waals surface area contributed by atoms with Gasteiger partial charge in [0.25, 0.3) is 0 Å². The summed E-state index contributed by atoms with van der Waals surface area (Å²) in [5.41, 5.74) is 7.32. The van der Waals surface area contributed by atoms with Gasteiger partial charge in [0.15, 0.2) is 0 Å². The standard InChI is InChI=1S/C27H42N4O3.2C2HF3O2/c1-29-25(18-32)27(34)30(17-19-6-3-2-4-7-19)12-13-31-23-10-11-24(31)16-22(15-23)20-8-5-9-21(14-20)26(28)33;2*3-2(4,5)1(6)7/h5,8-9,14,19,22-25,29,32H,2-4,6-7,10-13,15-18H2,1H3,(H2,28,33);2*(H,6,7)/t22?,23?,24?,25-;;/m0../s1. The fourth-order valence-corrected chi connectivity index (χ4v) is 6.58.